The van der Waals surface area contributed by atoms with Gasteiger partial charge in [0.1, 0.15) is 0 Å². The van der Waals surface area contributed by atoms with Gasteiger partial charge >= 0.3 is 0 Å². The molecule has 3 aromatic carbocycles. The van der Waals surface area contributed by atoms with E-state index in [0.717, 1.165) is 21.3 Å². The van der Waals surface area contributed by atoms with Gasteiger partial charge in [0.15, 0.2) is 0 Å². The maximum absolute atomic E-state index is 10.8. The van der Waals surface area contributed by atoms with E-state index in [2.05, 4.69) is 53.3 Å². The number of aliphatic hydroxyl groups excluding tert-OH is 1. The quantitative estimate of drug-likeness (QED) is 0.429. The fourth-order valence-electron chi connectivity index (χ4n) is 3.05. The number of rotatable bonds is 6. The van der Waals surface area contributed by atoms with Crippen LogP contribution in [0.4, 0.5) is 5.69 Å². The Morgan fingerprint density at radius 2 is 1.52 bits per heavy atom. The predicted octanol–water partition coefficient (Wildman–Crippen LogP) is 7.00. The summed E-state index contributed by atoms with van der Waals surface area (Å²) in [5, 5.41) is 15.1. The second-order valence-electron chi connectivity index (χ2n) is 6.85. The smallest absolute Gasteiger partial charge is 0.0813 e. The highest BCUT2D eigenvalue weighted by atomic mass is 79.9. The van der Waals surface area contributed by atoms with Crippen molar-refractivity contribution in [1.29, 1.82) is 0 Å². The summed E-state index contributed by atoms with van der Waals surface area (Å²) in [6.45, 7) is 4.21. The van der Waals surface area contributed by atoms with Crippen molar-refractivity contribution in [3.63, 3.8) is 0 Å². The van der Waals surface area contributed by atoms with Gasteiger partial charge in [0, 0.05) is 21.6 Å². The molecule has 3 aromatic rings. The van der Waals surface area contributed by atoms with E-state index in [1.807, 2.05) is 48.5 Å². The lowest BCUT2D eigenvalue weighted by Crippen LogP contribution is -2.15. The van der Waals surface area contributed by atoms with Crippen molar-refractivity contribution in [3.8, 4) is 0 Å². The number of aryl methyl sites for hydroxylation is 2. The van der Waals surface area contributed by atoms with Gasteiger partial charge in [0.2, 0.25) is 0 Å². The largest absolute Gasteiger partial charge is 0.388 e. The van der Waals surface area contributed by atoms with Gasteiger partial charge in [-0.25, -0.2) is 0 Å². The molecular weight excluding hydrogens is 422 g/mol. The lowest BCUT2D eigenvalue weighted by molar-refractivity contribution is 0.160. The van der Waals surface area contributed by atoms with Crippen LogP contribution in [0.3, 0.4) is 0 Å². The average molecular weight is 445 g/mol. The summed E-state index contributed by atoms with van der Waals surface area (Å²) in [5.41, 5.74) is 5.54. The molecule has 2 nitrogen and oxygen atoms in total. The molecule has 2 N–H and O–H groups in total. The zero-order chi connectivity index (χ0) is 19.4. The van der Waals surface area contributed by atoms with Crippen LogP contribution in [0.25, 0.3) is 0 Å². The maximum Gasteiger partial charge on any atom is 0.0813 e. The predicted molar refractivity (Wildman–Crippen MR) is 117 cm³/mol. The molecular formula is C23H23BrClNO. The summed E-state index contributed by atoms with van der Waals surface area (Å²) in [6, 6.07) is 21.9. The number of halogens is 2. The van der Waals surface area contributed by atoms with Gasteiger partial charge in [0.05, 0.1) is 12.1 Å². The van der Waals surface area contributed by atoms with Crippen LogP contribution in [0.1, 0.15) is 40.8 Å². The summed E-state index contributed by atoms with van der Waals surface area (Å²) in [7, 11) is 0. The summed E-state index contributed by atoms with van der Waals surface area (Å²) >= 11 is 9.50. The van der Waals surface area contributed by atoms with Crippen molar-refractivity contribution in [2.24, 2.45) is 0 Å². The van der Waals surface area contributed by atoms with Crippen LogP contribution in [-0.4, -0.2) is 5.11 Å². The molecule has 2 atom stereocenters. The van der Waals surface area contributed by atoms with Gasteiger partial charge in [-0.05, 0) is 72.5 Å². The average Bonchev–Trinajstić information content (AvgIpc) is 2.65. The van der Waals surface area contributed by atoms with Crippen molar-refractivity contribution in [3.05, 3.63) is 98.5 Å². The molecule has 0 bridgehead atoms. The zero-order valence-electron chi connectivity index (χ0n) is 15.4. The summed E-state index contributed by atoms with van der Waals surface area (Å²) in [6.07, 6.45) is -0.0197. The molecule has 0 radical (unpaired) electrons. The third kappa shape index (κ3) is 5.35. The Hall–Kier alpha value is -1.81. The Labute approximate surface area is 174 Å². The molecule has 0 heterocycles. The van der Waals surface area contributed by atoms with Crippen LogP contribution in [-0.2, 0) is 0 Å². The van der Waals surface area contributed by atoms with E-state index in [4.69, 9.17) is 11.6 Å². The Morgan fingerprint density at radius 1 is 0.889 bits per heavy atom. The standard InChI is InChI=1S/C23H23BrClNO/c1-15-3-12-21(13-16(15)2)26-22(17-6-10-20(25)11-7-17)14-23(27)18-4-8-19(24)9-5-18/h3-13,22-23,26-27H,14H2,1-2H3. The van der Waals surface area contributed by atoms with Gasteiger partial charge in [-0.3, -0.25) is 0 Å². The van der Waals surface area contributed by atoms with Gasteiger partial charge < -0.3 is 10.4 Å². The normalized spacial score (nSPS) is 13.2. The molecule has 140 valence electrons. The lowest BCUT2D eigenvalue weighted by atomic mass is 9.96. The van der Waals surface area contributed by atoms with E-state index in [-0.39, 0.29) is 6.04 Å². The molecule has 0 aliphatic carbocycles. The molecule has 3 rings (SSSR count). The molecule has 2 unspecified atom stereocenters. The molecule has 0 amide bonds. The molecule has 0 spiro atoms. The van der Waals surface area contributed by atoms with E-state index < -0.39 is 6.10 Å². The van der Waals surface area contributed by atoms with Gasteiger partial charge in [0.25, 0.3) is 0 Å². The third-order valence-electron chi connectivity index (χ3n) is 4.83. The minimum atomic E-state index is -0.571. The first-order valence-electron chi connectivity index (χ1n) is 8.95. The van der Waals surface area contributed by atoms with Crippen LogP contribution < -0.4 is 5.32 Å². The summed E-state index contributed by atoms with van der Waals surface area (Å²) < 4.78 is 1.00. The topological polar surface area (TPSA) is 32.3 Å². The molecule has 0 saturated carbocycles. The number of anilines is 1. The monoisotopic (exact) mass is 443 g/mol. The first-order chi connectivity index (χ1) is 12.9. The number of nitrogens with one attached hydrogen (secondary N) is 1. The second kappa shape index (κ2) is 8.92. The highest BCUT2D eigenvalue weighted by Crippen LogP contribution is 2.31. The first kappa shape index (κ1) is 19.9. The van der Waals surface area contributed by atoms with Crippen LogP contribution >= 0.6 is 27.5 Å². The number of hydrogen-bond donors (Lipinski definition) is 2. The fraction of sp³-hybridized carbons (Fsp3) is 0.217. The third-order valence-corrected chi connectivity index (χ3v) is 5.61. The molecule has 0 aliphatic rings. The Morgan fingerprint density at radius 3 is 2.15 bits per heavy atom. The van der Waals surface area contributed by atoms with Crippen LogP contribution in [0.2, 0.25) is 5.02 Å². The minimum absolute atomic E-state index is 0.0389. The highest BCUT2D eigenvalue weighted by molar-refractivity contribution is 9.10. The lowest BCUT2D eigenvalue weighted by Gasteiger charge is -2.24. The van der Waals surface area contributed by atoms with Crippen molar-refractivity contribution in [2.45, 2.75) is 32.4 Å². The second-order valence-corrected chi connectivity index (χ2v) is 8.20. The van der Waals surface area contributed by atoms with E-state index in [0.29, 0.717) is 11.4 Å². The molecule has 0 fully saturated rings. The van der Waals surface area contributed by atoms with Gasteiger partial charge in [-0.15, -0.1) is 0 Å². The Bertz CT molecular complexity index is 893. The van der Waals surface area contributed by atoms with E-state index in [1.54, 1.807) is 0 Å². The molecule has 0 aliphatic heterocycles. The van der Waals surface area contributed by atoms with Gasteiger partial charge in [-0.1, -0.05) is 57.9 Å². The SMILES string of the molecule is Cc1ccc(NC(CC(O)c2ccc(Br)cc2)c2ccc(Cl)cc2)cc1C. The minimum Gasteiger partial charge on any atom is -0.388 e. The van der Waals surface area contributed by atoms with Gasteiger partial charge in [-0.2, -0.15) is 0 Å². The van der Waals surface area contributed by atoms with E-state index in [1.165, 1.54) is 11.1 Å². The number of benzene rings is 3. The Balaban J connectivity index is 1.85. The molecule has 0 saturated heterocycles. The summed E-state index contributed by atoms with van der Waals surface area (Å²) in [5.74, 6) is 0. The fourth-order valence-corrected chi connectivity index (χ4v) is 3.44. The zero-order valence-corrected chi connectivity index (χ0v) is 17.8. The molecule has 27 heavy (non-hydrogen) atoms. The van der Waals surface area contributed by atoms with Crippen molar-refractivity contribution in [1.82, 2.24) is 0 Å². The van der Waals surface area contributed by atoms with E-state index >= 15 is 0 Å². The first-order valence-corrected chi connectivity index (χ1v) is 10.1. The molecule has 4 heteroatoms. The molecule has 0 aromatic heterocycles. The highest BCUT2D eigenvalue weighted by Gasteiger charge is 2.18. The van der Waals surface area contributed by atoms with Crippen molar-refractivity contribution < 1.29 is 5.11 Å². The maximum atomic E-state index is 10.8. The van der Waals surface area contributed by atoms with E-state index in [9.17, 15) is 5.11 Å². The van der Waals surface area contributed by atoms with Crippen LogP contribution in [0, 0.1) is 13.8 Å². The van der Waals surface area contributed by atoms with Crippen LogP contribution in [0.5, 0.6) is 0 Å². The van der Waals surface area contributed by atoms with Crippen LogP contribution in [0.15, 0.2) is 71.2 Å². The van der Waals surface area contributed by atoms with Crippen molar-refractivity contribution >= 4 is 33.2 Å². The van der Waals surface area contributed by atoms with Crippen molar-refractivity contribution in [2.75, 3.05) is 5.32 Å². The summed E-state index contributed by atoms with van der Waals surface area (Å²) in [4.78, 5) is 0. The number of aliphatic hydroxyl groups is 1. The number of hydrogen-bond acceptors (Lipinski definition) is 2. The Kier molecular flexibility index (Phi) is 6.59.